The first-order valence-electron chi connectivity index (χ1n) is 8.43. The van der Waals surface area contributed by atoms with E-state index in [1.165, 1.54) is 17.5 Å². The standard InChI is InChI=1S/C21H17N3O2S/c1-12-6-7-14(8-13(12)2)17-10-27-20-18(17)19(22-11-23-20)24-16-5-3-4-15(9-16)21(25)26/h3-11H,1-2H3,(H,25,26)(H,22,23,24). The third kappa shape index (κ3) is 3.27. The Balaban J connectivity index is 1.82. The number of anilines is 2. The molecule has 0 unspecified atom stereocenters. The molecule has 0 aliphatic heterocycles. The summed E-state index contributed by atoms with van der Waals surface area (Å²) in [5.74, 6) is -0.296. The number of aromatic carboxylic acids is 1. The van der Waals surface area contributed by atoms with E-state index in [4.69, 9.17) is 0 Å². The van der Waals surface area contributed by atoms with Gasteiger partial charge in [-0.3, -0.25) is 0 Å². The van der Waals surface area contributed by atoms with E-state index in [1.54, 1.807) is 29.5 Å². The smallest absolute Gasteiger partial charge is 0.335 e. The molecule has 0 amide bonds. The lowest BCUT2D eigenvalue weighted by Gasteiger charge is -2.10. The van der Waals surface area contributed by atoms with Crippen molar-refractivity contribution in [3.63, 3.8) is 0 Å². The minimum absolute atomic E-state index is 0.227. The zero-order chi connectivity index (χ0) is 19.0. The van der Waals surface area contributed by atoms with Crippen LogP contribution in [0.25, 0.3) is 21.3 Å². The second-order valence-corrected chi connectivity index (χ2v) is 7.22. The number of rotatable bonds is 4. The zero-order valence-corrected chi connectivity index (χ0v) is 15.7. The molecule has 5 nitrogen and oxygen atoms in total. The molecule has 2 N–H and O–H groups in total. The Kier molecular flexibility index (Phi) is 4.33. The highest BCUT2D eigenvalue weighted by Crippen LogP contribution is 2.38. The van der Waals surface area contributed by atoms with Crippen LogP contribution in [0.2, 0.25) is 0 Å². The Morgan fingerprint density at radius 2 is 1.93 bits per heavy atom. The fourth-order valence-electron chi connectivity index (χ4n) is 2.96. The summed E-state index contributed by atoms with van der Waals surface area (Å²) in [5, 5.41) is 15.5. The van der Waals surface area contributed by atoms with E-state index in [0.29, 0.717) is 11.5 Å². The summed E-state index contributed by atoms with van der Waals surface area (Å²) in [7, 11) is 0. The van der Waals surface area contributed by atoms with Gasteiger partial charge in [-0.2, -0.15) is 0 Å². The van der Waals surface area contributed by atoms with Gasteiger partial charge in [0.1, 0.15) is 17.0 Å². The SMILES string of the molecule is Cc1ccc(-c2csc3ncnc(Nc4cccc(C(=O)O)c4)c23)cc1C. The normalized spacial score (nSPS) is 10.9. The van der Waals surface area contributed by atoms with Crippen molar-refractivity contribution in [3.05, 3.63) is 70.9 Å². The number of carboxylic acids is 1. The molecule has 134 valence electrons. The minimum Gasteiger partial charge on any atom is -0.478 e. The first-order valence-corrected chi connectivity index (χ1v) is 9.31. The molecule has 0 radical (unpaired) electrons. The molecule has 0 saturated heterocycles. The van der Waals surface area contributed by atoms with Gasteiger partial charge in [-0.1, -0.05) is 24.3 Å². The molecule has 0 atom stereocenters. The number of carboxylic acid groups (broad SMARTS) is 1. The number of benzene rings is 2. The summed E-state index contributed by atoms with van der Waals surface area (Å²) in [6, 6.07) is 13.1. The lowest BCUT2D eigenvalue weighted by molar-refractivity contribution is 0.0697. The van der Waals surface area contributed by atoms with Gasteiger partial charge in [-0.25, -0.2) is 14.8 Å². The van der Waals surface area contributed by atoms with Gasteiger partial charge in [-0.15, -0.1) is 11.3 Å². The fourth-order valence-corrected chi connectivity index (χ4v) is 3.87. The Hall–Kier alpha value is -3.25. The number of hydrogen-bond donors (Lipinski definition) is 2. The van der Waals surface area contributed by atoms with Crippen LogP contribution in [0.3, 0.4) is 0 Å². The molecular formula is C21H17N3O2S. The van der Waals surface area contributed by atoms with Crippen molar-refractivity contribution >= 4 is 39.0 Å². The maximum atomic E-state index is 11.2. The molecule has 0 fully saturated rings. The van der Waals surface area contributed by atoms with Crippen molar-refractivity contribution < 1.29 is 9.90 Å². The molecule has 6 heteroatoms. The summed E-state index contributed by atoms with van der Waals surface area (Å²) < 4.78 is 0. The van der Waals surface area contributed by atoms with Crippen LogP contribution in [0, 0.1) is 13.8 Å². The van der Waals surface area contributed by atoms with Crippen molar-refractivity contribution in [2.75, 3.05) is 5.32 Å². The van der Waals surface area contributed by atoms with Crippen molar-refractivity contribution in [1.82, 2.24) is 9.97 Å². The number of hydrogen-bond acceptors (Lipinski definition) is 5. The van der Waals surface area contributed by atoms with Crippen LogP contribution in [-0.2, 0) is 0 Å². The Morgan fingerprint density at radius 3 is 2.70 bits per heavy atom. The number of aryl methyl sites for hydroxylation is 2. The Labute approximate surface area is 160 Å². The maximum absolute atomic E-state index is 11.2. The summed E-state index contributed by atoms with van der Waals surface area (Å²) in [5.41, 5.74) is 5.56. The van der Waals surface area contributed by atoms with Crippen molar-refractivity contribution in [2.24, 2.45) is 0 Å². The molecule has 27 heavy (non-hydrogen) atoms. The van der Waals surface area contributed by atoms with Crippen LogP contribution in [-0.4, -0.2) is 21.0 Å². The van der Waals surface area contributed by atoms with E-state index >= 15 is 0 Å². The summed E-state index contributed by atoms with van der Waals surface area (Å²) in [6.07, 6.45) is 1.52. The van der Waals surface area contributed by atoms with Crippen molar-refractivity contribution in [3.8, 4) is 11.1 Å². The molecule has 0 aliphatic carbocycles. The van der Waals surface area contributed by atoms with Crippen LogP contribution < -0.4 is 5.32 Å². The third-order valence-electron chi connectivity index (χ3n) is 4.56. The number of fused-ring (bicyclic) bond motifs is 1. The van der Waals surface area contributed by atoms with E-state index in [-0.39, 0.29) is 5.56 Å². The molecule has 2 heterocycles. The highest BCUT2D eigenvalue weighted by molar-refractivity contribution is 7.17. The topological polar surface area (TPSA) is 75.1 Å². The van der Waals surface area contributed by atoms with Crippen LogP contribution >= 0.6 is 11.3 Å². The lowest BCUT2D eigenvalue weighted by atomic mass is 10.0. The number of carbonyl (C=O) groups is 1. The highest BCUT2D eigenvalue weighted by atomic mass is 32.1. The van der Waals surface area contributed by atoms with Gasteiger partial charge < -0.3 is 10.4 Å². The van der Waals surface area contributed by atoms with Gasteiger partial charge in [-0.05, 0) is 48.7 Å². The number of nitrogens with zero attached hydrogens (tertiary/aromatic N) is 2. The molecule has 2 aromatic carbocycles. The number of thiophene rings is 1. The summed E-state index contributed by atoms with van der Waals surface area (Å²) in [6.45, 7) is 4.19. The first kappa shape index (κ1) is 17.2. The maximum Gasteiger partial charge on any atom is 0.335 e. The number of nitrogens with one attached hydrogen (secondary N) is 1. The zero-order valence-electron chi connectivity index (χ0n) is 14.9. The fraction of sp³-hybridized carbons (Fsp3) is 0.0952. The molecular weight excluding hydrogens is 358 g/mol. The van der Waals surface area contributed by atoms with Gasteiger partial charge >= 0.3 is 5.97 Å². The first-order chi connectivity index (χ1) is 13.0. The van der Waals surface area contributed by atoms with E-state index in [1.807, 2.05) is 6.07 Å². The van der Waals surface area contributed by atoms with Crippen LogP contribution in [0.4, 0.5) is 11.5 Å². The molecule has 2 aromatic heterocycles. The molecule has 0 bridgehead atoms. The van der Waals surface area contributed by atoms with Gasteiger partial charge in [0.05, 0.1) is 10.9 Å². The second kappa shape index (κ2) is 6.81. The minimum atomic E-state index is -0.960. The second-order valence-electron chi connectivity index (χ2n) is 6.36. The van der Waals surface area contributed by atoms with E-state index in [0.717, 1.165) is 21.3 Å². The van der Waals surface area contributed by atoms with Crippen LogP contribution in [0.15, 0.2) is 54.2 Å². The predicted molar refractivity (Wildman–Crippen MR) is 109 cm³/mol. The number of aromatic nitrogens is 2. The molecule has 0 saturated carbocycles. The lowest BCUT2D eigenvalue weighted by Crippen LogP contribution is -1.99. The highest BCUT2D eigenvalue weighted by Gasteiger charge is 2.14. The van der Waals surface area contributed by atoms with Crippen LogP contribution in [0.5, 0.6) is 0 Å². The van der Waals surface area contributed by atoms with Gasteiger partial charge in [0, 0.05) is 16.6 Å². The monoisotopic (exact) mass is 375 g/mol. The summed E-state index contributed by atoms with van der Waals surface area (Å²) in [4.78, 5) is 20.9. The van der Waals surface area contributed by atoms with E-state index < -0.39 is 5.97 Å². The predicted octanol–water partition coefficient (Wildman–Crippen LogP) is 5.42. The molecule has 4 aromatic rings. The molecule has 0 aliphatic rings. The Bertz CT molecular complexity index is 1170. The summed E-state index contributed by atoms with van der Waals surface area (Å²) >= 11 is 1.57. The quantitative estimate of drug-likeness (QED) is 0.498. The van der Waals surface area contributed by atoms with Crippen molar-refractivity contribution in [1.29, 1.82) is 0 Å². The van der Waals surface area contributed by atoms with Gasteiger partial charge in [0.25, 0.3) is 0 Å². The molecule has 4 rings (SSSR count). The van der Waals surface area contributed by atoms with Gasteiger partial charge in [0.2, 0.25) is 0 Å². The molecule has 0 spiro atoms. The third-order valence-corrected chi connectivity index (χ3v) is 5.45. The largest absolute Gasteiger partial charge is 0.478 e. The van der Waals surface area contributed by atoms with Crippen molar-refractivity contribution in [2.45, 2.75) is 13.8 Å². The van der Waals surface area contributed by atoms with Gasteiger partial charge in [0.15, 0.2) is 0 Å². The average Bonchev–Trinajstić information content (AvgIpc) is 3.09. The average molecular weight is 375 g/mol. The Morgan fingerprint density at radius 1 is 1.07 bits per heavy atom. The van der Waals surface area contributed by atoms with E-state index in [2.05, 4.69) is 52.7 Å². The van der Waals surface area contributed by atoms with Crippen LogP contribution in [0.1, 0.15) is 21.5 Å². The van der Waals surface area contributed by atoms with E-state index in [9.17, 15) is 9.90 Å².